The van der Waals surface area contributed by atoms with Crippen LogP contribution in [0.3, 0.4) is 0 Å². The fourth-order valence-electron chi connectivity index (χ4n) is 3.96. The third-order valence-corrected chi connectivity index (χ3v) is 5.89. The lowest BCUT2D eigenvalue weighted by atomic mass is 10.0. The van der Waals surface area contributed by atoms with Crippen LogP contribution in [0.5, 0.6) is 0 Å². The lowest BCUT2D eigenvalue weighted by Crippen LogP contribution is -2.57. The first-order valence-electron chi connectivity index (χ1n) is 11.7. The first-order valence-corrected chi connectivity index (χ1v) is 11.7. The molecule has 33 heavy (non-hydrogen) atoms. The number of para-hydroxylation sites is 1. The Hall–Kier alpha value is -3.35. The van der Waals surface area contributed by atoms with E-state index in [2.05, 4.69) is 22.8 Å². The van der Waals surface area contributed by atoms with E-state index in [9.17, 15) is 14.4 Å². The molecule has 2 aromatic rings. The van der Waals surface area contributed by atoms with E-state index in [4.69, 9.17) is 0 Å². The molecule has 0 radical (unpaired) electrons. The Morgan fingerprint density at radius 2 is 1.42 bits per heavy atom. The molecule has 3 rings (SSSR count). The van der Waals surface area contributed by atoms with Crippen LogP contribution in [0.1, 0.15) is 32.3 Å². The number of urea groups is 1. The number of piperazine rings is 1. The molecule has 1 unspecified atom stereocenters. The Kier molecular flexibility index (Phi) is 8.87. The van der Waals surface area contributed by atoms with Gasteiger partial charge in [0.2, 0.25) is 11.8 Å². The summed E-state index contributed by atoms with van der Waals surface area (Å²) < 4.78 is 0. The van der Waals surface area contributed by atoms with Gasteiger partial charge in [-0.25, -0.2) is 4.79 Å². The zero-order chi connectivity index (χ0) is 23.6. The molecule has 7 nitrogen and oxygen atoms in total. The van der Waals surface area contributed by atoms with Crippen molar-refractivity contribution in [2.45, 2.75) is 39.2 Å². The topological polar surface area (TPSA) is 81.8 Å². The predicted molar refractivity (Wildman–Crippen MR) is 130 cm³/mol. The third-order valence-electron chi connectivity index (χ3n) is 5.89. The smallest absolute Gasteiger partial charge is 0.319 e. The Morgan fingerprint density at radius 3 is 2.03 bits per heavy atom. The van der Waals surface area contributed by atoms with Crippen molar-refractivity contribution in [2.75, 3.05) is 31.5 Å². The number of carbonyl (C=O) groups excluding carboxylic acids is 3. The summed E-state index contributed by atoms with van der Waals surface area (Å²) in [5.41, 5.74) is 1.91. The van der Waals surface area contributed by atoms with Crippen molar-refractivity contribution in [3.8, 4) is 0 Å². The van der Waals surface area contributed by atoms with Crippen LogP contribution in [0.2, 0.25) is 0 Å². The molecule has 2 aromatic carbocycles. The summed E-state index contributed by atoms with van der Waals surface area (Å²) >= 11 is 0. The molecular formula is C26H34N4O3. The number of nitrogens with zero attached hydrogens (tertiary/aromatic N) is 2. The zero-order valence-electron chi connectivity index (χ0n) is 19.5. The van der Waals surface area contributed by atoms with Crippen LogP contribution in [0, 0.1) is 5.92 Å². The van der Waals surface area contributed by atoms with Crippen LogP contribution < -0.4 is 10.6 Å². The minimum absolute atomic E-state index is 0.0586. The molecule has 2 N–H and O–H groups in total. The Labute approximate surface area is 196 Å². The molecule has 1 fully saturated rings. The highest BCUT2D eigenvalue weighted by atomic mass is 16.2. The molecule has 7 heteroatoms. The molecule has 176 valence electrons. The Balaban J connectivity index is 1.45. The highest BCUT2D eigenvalue weighted by Gasteiger charge is 2.31. The normalized spacial score (nSPS) is 14.6. The highest BCUT2D eigenvalue weighted by Crippen LogP contribution is 2.13. The van der Waals surface area contributed by atoms with Crippen LogP contribution in [0.4, 0.5) is 10.5 Å². The number of hydrogen-bond donors (Lipinski definition) is 2. The fourth-order valence-corrected chi connectivity index (χ4v) is 3.96. The second kappa shape index (κ2) is 12.0. The SMILES string of the molecule is CC(C)C(NC(=O)Nc1ccccc1)C(=O)N1CCN(C(=O)CCCc2ccccc2)CC1. The van der Waals surface area contributed by atoms with Gasteiger partial charge in [0, 0.05) is 38.3 Å². The summed E-state index contributed by atoms with van der Waals surface area (Å²) in [6.45, 7) is 5.84. The van der Waals surface area contributed by atoms with Gasteiger partial charge in [0.05, 0.1) is 0 Å². The monoisotopic (exact) mass is 450 g/mol. The quantitative estimate of drug-likeness (QED) is 0.646. The van der Waals surface area contributed by atoms with Gasteiger partial charge in [0.1, 0.15) is 6.04 Å². The molecule has 1 heterocycles. The molecule has 0 spiro atoms. The molecule has 1 aliphatic heterocycles. The van der Waals surface area contributed by atoms with E-state index in [1.54, 1.807) is 17.0 Å². The number of carbonyl (C=O) groups is 3. The van der Waals surface area contributed by atoms with Gasteiger partial charge in [-0.05, 0) is 36.5 Å². The van der Waals surface area contributed by atoms with Crippen molar-refractivity contribution < 1.29 is 14.4 Å². The maximum atomic E-state index is 13.1. The van der Waals surface area contributed by atoms with Crippen molar-refractivity contribution >= 4 is 23.5 Å². The molecule has 1 saturated heterocycles. The van der Waals surface area contributed by atoms with Crippen molar-refractivity contribution in [3.05, 3.63) is 66.2 Å². The average Bonchev–Trinajstić information content (AvgIpc) is 2.83. The number of rotatable bonds is 8. The first kappa shape index (κ1) is 24.3. The van der Waals surface area contributed by atoms with Gasteiger partial charge in [-0.2, -0.15) is 0 Å². The van der Waals surface area contributed by atoms with Crippen LogP contribution >= 0.6 is 0 Å². The van der Waals surface area contributed by atoms with Gasteiger partial charge in [0.25, 0.3) is 0 Å². The van der Waals surface area contributed by atoms with Crippen molar-refractivity contribution in [1.82, 2.24) is 15.1 Å². The Bertz CT molecular complexity index is 910. The third kappa shape index (κ3) is 7.34. The van der Waals surface area contributed by atoms with Crippen LogP contribution in [-0.2, 0) is 16.0 Å². The number of benzene rings is 2. The fraction of sp³-hybridized carbons (Fsp3) is 0.423. The van der Waals surface area contributed by atoms with Gasteiger partial charge >= 0.3 is 6.03 Å². The Morgan fingerprint density at radius 1 is 0.848 bits per heavy atom. The molecule has 4 amide bonds. The minimum Gasteiger partial charge on any atom is -0.339 e. The number of nitrogens with one attached hydrogen (secondary N) is 2. The molecule has 0 aromatic heterocycles. The molecular weight excluding hydrogens is 416 g/mol. The maximum Gasteiger partial charge on any atom is 0.319 e. The average molecular weight is 451 g/mol. The molecule has 1 atom stereocenters. The molecule has 0 aliphatic carbocycles. The van der Waals surface area contributed by atoms with Crippen molar-refractivity contribution in [3.63, 3.8) is 0 Å². The molecule has 0 bridgehead atoms. The van der Waals surface area contributed by atoms with Gasteiger partial charge < -0.3 is 20.4 Å². The van der Waals surface area contributed by atoms with E-state index in [-0.39, 0.29) is 17.7 Å². The first-order chi connectivity index (χ1) is 15.9. The number of anilines is 1. The van der Waals surface area contributed by atoms with E-state index in [0.29, 0.717) is 38.3 Å². The van der Waals surface area contributed by atoms with Crippen molar-refractivity contribution in [1.29, 1.82) is 0 Å². The predicted octanol–water partition coefficient (Wildman–Crippen LogP) is 3.53. The van der Waals surface area contributed by atoms with Crippen LogP contribution in [0.15, 0.2) is 60.7 Å². The molecule has 1 aliphatic rings. The molecule has 0 saturated carbocycles. The van der Waals surface area contributed by atoms with Crippen LogP contribution in [0.25, 0.3) is 0 Å². The van der Waals surface area contributed by atoms with E-state index in [1.165, 1.54) is 5.56 Å². The lowest BCUT2D eigenvalue weighted by Gasteiger charge is -2.37. The number of amides is 4. The van der Waals surface area contributed by atoms with Gasteiger partial charge in [-0.3, -0.25) is 9.59 Å². The largest absolute Gasteiger partial charge is 0.339 e. The second-order valence-electron chi connectivity index (χ2n) is 8.73. The summed E-state index contributed by atoms with van der Waals surface area (Å²) in [6.07, 6.45) is 2.22. The summed E-state index contributed by atoms with van der Waals surface area (Å²) in [4.78, 5) is 41.7. The number of aryl methyl sites for hydroxylation is 1. The zero-order valence-corrected chi connectivity index (χ0v) is 19.5. The lowest BCUT2D eigenvalue weighted by molar-refractivity contribution is -0.141. The maximum absolute atomic E-state index is 13.1. The van der Waals surface area contributed by atoms with E-state index < -0.39 is 12.1 Å². The summed E-state index contributed by atoms with van der Waals surface area (Å²) in [5.74, 6) is -0.0279. The van der Waals surface area contributed by atoms with Gasteiger partial charge in [-0.1, -0.05) is 62.4 Å². The highest BCUT2D eigenvalue weighted by molar-refractivity contribution is 5.94. The summed E-state index contributed by atoms with van der Waals surface area (Å²) in [5, 5.41) is 5.58. The van der Waals surface area contributed by atoms with E-state index in [1.807, 2.05) is 55.1 Å². The van der Waals surface area contributed by atoms with E-state index >= 15 is 0 Å². The van der Waals surface area contributed by atoms with E-state index in [0.717, 1.165) is 12.8 Å². The summed E-state index contributed by atoms with van der Waals surface area (Å²) in [7, 11) is 0. The van der Waals surface area contributed by atoms with Gasteiger partial charge in [-0.15, -0.1) is 0 Å². The number of hydrogen-bond acceptors (Lipinski definition) is 3. The van der Waals surface area contributed by atoms with Crippen LogP contribution in [-0.4, -0.2) is 59.9 Å². The summed E-state index contributed by atoms with van der Waals surface area (Å²) in [6, 6.07) is 18.3. The van der Waals surface area contributed by atoms with Gasteiger partial charge in [0.15, 0.2) is 0 Å². The minimum atomic E-state index is -0.623. The second-order valence-corrected chi connectivity index (χ2v) is 8.73. The van der Waals surface area contributed by atoms with Crippen molar-refractivity contribution in [2.24, 2.45) is 5.92 Å². The standard InChI is InChI=1S/C26H34N4O3/c1-20(2)24(28-26(33)27-22-13-7-4-8-14-22)25(32)30-18-16-29(17-19-30)23(31)15-9-12-21-10-5-3-6-11-21/h3-8,10-11,13-14,20,24H,9,12,15-19H2,1-2H3,(H2,27,28,33).